The molecule has 1 saturated heterocycles. The molecule has 2 aromatic rings. The number of hydrogen-bond donors (Lipinski definition) is 0. The van der Waals surface area contributed by atoms with Crippen LogP contribution in [0.2, 0.25) is 0 Å². The van der Waals surface area contributed by atoms with E-state index in [2.05, 4.69) is 6.92 Å². The summed E-state index contributed by atoms with van der Waals surface area (Å²) in [7, 11) is -3.06. The average Bonchev–Trinajstić information content (AvgIpc) is 3.05. The smallest absolute Gasteiger partial charge is 0.162 e. The van der Waals surface area contributed by atoms with Gasteiger partial charge in [-0.3, -0.25) is 0 Å². The van der Waals surface area contributed by atoms with E-state index in [9.17, 15) is 8.42 Å². The quantitative estimate of drug-likeness (QED) is 0.673. The average molecular weight is 364 g/mol. The molecule has 0 bridgehead atoms. The van der Waals surface area contributed by atoms with Gasteiger partial charge in [0, 0.05) is 9.75 Å². The number of rotatable bonds is 6. The van der Waals surface area contributed by atoms with Gasteiger partial charge in [0.25, 0.3) is 0 Å². The van der Waals surface area contributed by atoms with Gasteiger partial charge in [-0.15, -0.1) is 11.3 Å². The molecule has 2 heterocycles. The molecule has 0 aliphatic carbocycles. The second-order valence-electron chi connectivity index (χ2n) is 6.09. The van der Waals surface area contributed by atoms with Crippen molar-refractivity contribution in [2.75, 3.05) is 12.4 Å². The second-order valence-corrected chi connectivity index (χ2v) is 9.30. The van der Waals surface area contributed by atoms with Crippen LogP contribution in [0.4, 0.5) is 0 Å². The predicted octanol–water partition coefficient (Wildman–Crippen LogP) is 5.07. The van der Waals surface area contributed by atoms with Crippen molar-refractivity contribution in [3.63, 3.8) is 0 Å². The number of benzene rings is 1. The summed E-state index contributed by atoms with van der Waals surface area (Å²) in [4.78, 5) is 1.99. The molecule has 3 rings (SSSR count). The van der Waals surface area contributed by atoms with Crippen molar-refractivity contribution in [3.8, 4) is 16.2 Å². The maximum atomic E-state index is 12.3. The summed E-state index contributed by atoms with van der Waals surface area (Å²) in [6, 6.07) is 12.0. The molecule has 1 aromatic carbocycles. The Morgan fingerprint density at radius 3 is 2.50 bits per heavy atom. The zero-order chi connectivity index (χ0) is 17.0. The summed E-state index contributed by atoms with van der Waals surface area (Å²) in [5.74, 6) is 1.17. The number of hydrogen-bond acceptors (Lipinski definition) is 4. The highest BCUT2D eigenvalue weighted by Gasteiger charge is 2.32. The first-order chi connectivity index (χ1) is 11.6. The first-order valence-corrected chi connectivity index (χ1v) is 11.0. The number of unbranched alkanes of at least 4 members (excludes halogenated alkanes) is 1. The molecule has 5 heteroatoms. The van der Waals surface area contributed by atoms with Crippen LogP contribution in [-0.2, 0) is 9.84 Å². The van der Waals surface area contributed by atoms with Gasteiger partial charge in [-0.2, -0.15) is 0 Å². The van der Waals surface area contributed by atoms with Gasteiger partial charge in [0.1, 0.15) is 11.0 Å². The summed E-state index contributed by atoms with van der Waals surface area (Å²) in [6.45, 7) is 2.89. The van der Waals surface area contributed by atoms with E-state index in [4.69, 9.17) is 4.74 Å². The van der Waals surface area contributed by atoms with Crippen LogP contribution in [-0.4, -0.2) is 20.8 Å². The molecule has 0 atom stereocenters. The van der Waals surface area contributed by atoms with Crippen LogP contribution in [0.5, 0.6) is 5.75 Å². The lowest BCUT2D eigenvalue weighted by atomic mass is 10.1. The molecule has 1 aliphatic heterocycles. The minimum Gasteiger partial charge on any atom is -0.494 e. The first kappa shape index (κ1) is 17.5. The van der Waals surface area contributed by atoms with E-state index in [1.807, 2.05) is 36.4 Å². The fourth-order valence-electron chi connectivity index (χ4n) is 2.83. The lowest BCUT2D eigenvalue weighted by Crippen LogP contribution is -2.21. The molecule has 0 spiro atoms. The highest BCUT2D eigenvalue weighted by molar-refractivity contribution is 7.94. The van der Waals surface area contributed by atoms with Crippen molar-refractivity contribution >= 4 is 21.2 Å². The van der Waals surface area contributed by atoms with Crippen LogP contribution in [0.3, 0.4) is 0 Å². The molecular weight excluding hydrogens is 340 g/mol. The van der Waals surface area contributed by atoms with E-state index < -0.39 is 9.84 Å². The summed E-state index contributed by atoms with van der Waals surface area (Å²) in [5, 5.41) is 0.629. The normalized spacial score (nSPS) is 17.7. The van der Waals surface area contributed by atoms with Crippen molar-refractivity contribution in [2.45, 2.75) is 39.0 Å². The lowest BCUT2D eigenvalue weighted by molar-refractivity contribution is 0.309. The van der Waals surface area contributed by atoms with Gasteiger partial charge < -0.3 is 4.74 Å². The number of thiophene rings is 1. The Balaban J connectivity index is 1.73. The SMILES string of the molecule is CCCCOc1ccc(-c2ccc([C]3CCCCS3(=O)=O)s2)cc1. The highest BCUT2D eigenvalue weighted by atomic mass is 32.2. The van der Waals surface area contributed by atoms with Gasteiger partial charge in [0.2, 0.25) is 0 Å². The second kappa shape index (κ2) is 7.70. The Kier molecular flexibility index (Phi) is 5.61. The van der Waals surface area contributed by atoms with Crippen LogP contribution in [0, 0.1) is 5.25 Å². The topological polar surface area (TPSA) is 43.4 Å². The molecule has 1 aromatic heterocycles. The minimum atomic E-state index is -3.06. The molecule has 0 unspecified atom stereocenters. The van der Waals surface area contributed by atoms with Crippen LogP contribution >= 0.6 is 11.3 Å². The van der Waals surface area contributed by atoms with Crippen molar-refractivity contribution in [2.24, 2.45) is 0 Å². The van der Waals surface area contributed by atoms with E-state index >= 15 is 0 Å². The van der Waals surface area contributed by atoms with Crippen molar-refractivity contribution in [3.05, 3.63) is 46.5 Å². The van der Waals surface area contributed by atoms with E-state index in [-0.39, 0.29) is 0 Å². The monoisotopic (exact) mass is 363 g/mol. The maximum Gasteiger partial charge on any atom is 0.162 e. The Labute approximate surface area is 148 Å². The summed E-state index contributed by atoms with van der Waals surface area (Å²) >= 11 is 1.57. The van der Waals surface area contributed by atoms with Gasteiger partial charge in [-0.05, 0) is 61.2 Å². The fourth-order valence-corrected chi connectivity index (χ4v) is 5.97. The summed E-state index contributed by atoms with van der Waals surface area (Å²) in [5.41, 5.74) is 1.10. The molecule has 1 fully saturated rings. The molecule has 1 aliphatic rings. The molecule has 24 heavy (non-hydrogen) atoms. The van der Waals surface area contributed by atoms with Crippen LogP contribution in [0.15, 0.2) is 36.4 Å². The zero-order valence-corrected chi connectivity index (χ0v) is 15.6. The van der Waals surface area contributed by atoms with Crippen molar-refractivity contribution in [1.82, 2.24) is 0 Å². The Morgan fingerprint density at radius 2 is 1.79 bits per heavy atom. The summed E-state index contributed by atoms with van der Waals surface area (Å²) in [6.07, 6.45) is 4.60. The first-order valence-electron chi connectivity index (χ1n) is 8.52. The van der Waals surface area contributed by atoms with Gasteiger partial charge >= 0.3 is 0 Å². The van der Waals surface area contributed by atoms with Gasteiger partial charge in [0.05, 0.1) is 12.4 Å². The molecule has 1 radical (unpaired) electrons. The maximum absolute atomic E-state index is 12.3. The van der Waals surface area contributed by atoms with Gasteiger partial charge in [-0.25, -0.2) is 8.42 Å². The molecule has 0 N–H and O–H groups in total. The van der Waals surface area contributed by atoms with E-state index in [0.29, 0.717) is 17.4 Å². The van der Waals surface area contributed by atoms with Gasteiger partial charge in [-0.1, -0.05) is 19.8 Å². The largest absolute Gasteiger partial charge is 0.494 e. The van der Waals surface area contributed by atoms with Crippen LogP contribution < -0.4 is 4.74 Å². The predicted molar refractivity (Wildman–Crippen MR) is 100 cm³/mol. The Hall–Kier alpha value is -1.33. The highest BCUT2D eigenvalue weighted by Crippen LogP contribution is 2.39. The number of sulfone groups is 1. The summed E-state index contributed by atoms with van der Waals surface area (Å²) < 4.78 is 30.2. The lowest BCUT2D eigenvalue weighted by Gasteiger charge is -2.19. The Bertz CT molecular complexity index is 760. The van der Waals surface area contributed by atoms with E-state index in [1.54, 1.807) is 11.3 Å². The molecule has 129 valence electrons. The van der Waals surface area contributed by atoms with Crippen LogP contribution in [0.25, 0.3) is 10.4 Å². The van der Waals surface area contributed by atoms with E-state index in [0.717, 1.165) is 53.4 Å². The minimum absolute atomic E-state index is 0.291. The third-order valence-electron chi connectivity index (χ3n) is 4.23. The van der Waals surface area contributed by atoms with Crippen LogP contribution in [0.1, 0.15) is 43.9 Å². The standard InChI is InChI=1S/C19H23O3S2/c1-2-3-13-22-16-9-7-15(8-10-16)17-11-12-18(23-17)19-6-4-5-14-24(19,20)21/h7-12H,2-6,13-14H2,1H3. The number of ether oxygens (including phenoxy) is 1. The third-order valence-corrected chi connectivity index (χ3v) is 7.55. The third kappa shape index (κ3) is 4.01. The van der Waals surface area contributed by atoms with E-state index in [1.165, 1.54) is 0 Å². The van der Waals surface area contributed by atoms with Gasteiger partial charge in [0.15, 0.2) is 9.84 Å². The van der Waals surface area contributed by atoms with Crippen molar-refractivity contribution < 1.29 is 13.2 Å². The fraction of sp³-hybridized carbons (Fsp3) is 0.421. The molecule has 0 amide bonds. The molecule has 3 nitrogen and oxygen atoms in total. The Morgan fingerprint density at radius 1 is 1.04 bits per heavy atom. The zero-order valence-electron chi connectivity index (χ0n) is 14.0. The molecule has 0 saturated carbocycles. The molecular formula is C19H23O3S2. The van der Waals surface area contributed by atoms with Crippen molar-refractivity contribution in [1.29, 1.82) is 0 Å².